The van der Waals surface area contributed by atoms with E-state index in [9.17, 15) is 4.79 Å². The van der Waals surface area contributed by atoms with Crippen LogP contribution in [0, 0.1) is 5.92 Å². The summed E-state index contributed by atoms with van der Waals surface area (Å²) in [5, 5.41) is 6.68. The normalized spacial score (nSPS) is 28.7. The summed E-state index contributed by atoms with van der Waals surface area (Å²) in [5.41, 5.74) is 0. The quantitative estimate of drug-likeness (QED) is 0.594. The van der Waals surface area contributed by atoms with Gasteiger partial charge in [-0.1, -0.05) is 6.92 Å². The molecule has 0 aromatic heterocycles. The van der Waals surface area contributed by atoms with E-state index in [2.05, 4.69) is 29.5 Å². The summed E-state index contributed by atoms with van der Waals surface area (Å²) in [4.78, 5) is 18.5. The molecular weight excluding hydrogens is 308 g/mol. The number of thioether (sulfide) groups is 1. The molecule has 0 radical (unpaired) electrons. The molecule has 2 N–H and O–H groups in total. The first-order valence-electron chi connectivity index (χ1n) is 8.89. The first-order valence-corrected chi connectivity index (χ1v) is 9.87. The van der Waals surface area contributed by atoms with Gasteiger partial charge in [-0.25, -0.2) is 0 Å². The predicted octanol–water partition coefficient (Wildman–Crippen LogP) is 2.09. The highest BCUT2D eigenvalue weighted by Crippen LogP contribution is 2.36. The predicted molar refractivity (Wildman–Crippen MR) is 99.1 cm³/mol. The average molecular weight is 341 g/mol. The summed E-state index contributed by atoms with van der Waals surface area (Å²) in [6, 6.07) is 0. The summed E-state index contributed by atoms with van der Waals surface area (Å²) in [6.07, 6.45) is 5.49. The van der Waals surface area contributed by atoms with Crippen LogP contribution in [0.15, 0.2) is 4.99 Å². The van der Waals surface area contributed by atoms with Crippen LogP contribution in [-0.4, -0.2) is 60.5 Å². The summed E-state index contributed by atoms with van der Waals surface area (Å²) in [6.45, 7) is 7.95. The highest BCUT2D eigenvalue weighted by atomic mass is 32.2. The van der Waals surface area contributed by atoms with Gasteiger partial charge in [0.25, 0.3) is 0 Å². The third-order valence-corrected chi connectivity index (χ3v) is 6.33. The lowest BCUT2D eigenvalue weighted by Gasteiger charge is -2.31. The van der Waals surface area contributed by atoms with Crippen LogP contribution in [0.2, 0.25) is 0 Å². The van der Waals surface area contributed by atoms with Crippen molar-refractivity contribution >= 4 is 23.6 Å². The maximum Gasteiger partial charge on any atom is 0.224 e. The fourth-order valence-electron chi connectivity index (χ4n) is 3.33. The van der Waals surface area contributed by atoms with Crippen molar-refractivity contribution in [2.24, 2.45) is 10.9 Å². The van der Waals surface area contributed by atoms with E-state index < -0.39 is 0 Å². The van der Waals surface area contributed by atoms with Crippen LogP contribution >= 0.6 is 11.8 Å². The molecule has 2 aliphatic heterocycles. The van der Waals surface area contributed by atoms with Crippen molar-refractivity contribution in [1.29, 1.82) is 0 Å². The van der Waals surface area contributed by atoms with Gasteiger partial charge in [0.15, 0.2) is 5.96 Å². The molecule has 132 valence electrons. The fraction of sp³-hybridized carbons (Fsp3) is 0.882. The number of carbonyl (C=O) groups excluding carboxylic acids is 1. The molecule has 2 aliphatic rings. The lowest BCUT2D eigenvalue weighted by atomic mass is 10.00. The molecule has 2 saturated heterocycles. The maximum absolute atomic E-state index is 12.3. The van der Waals surface area contributed by atoms with Gasteiger partial charge in [0.05, 0.1) is 0 Å². The van der Waals surface area contributed by atoms with E-state index in [1.807, 2.05) is 16.7 Å². The van der Waals surface area contributed by atoms with Gasteiger partial charge in [-0.3, -0.25) is 9.79 Å². The van der Waals surface area contributed by atoms with E-state index in [0.717, 1.165) is 32.0 Å². The van der Waals surface area contributed by atoms with Gasteiger partial charge in [-0.15, -0.1) is 0 Å². The van der Waals surface area contributed by atoms with Crippen LogP contribution in [0.4, 0.5) is 0 Å². The Balaban J connectivity index is 1.66. The van der Waals surface area contributed by atoms with Crippen molar-refractivity contribution in [3.8, 4) is 0 Å². The van der Waals surface area contributed by atoms with Crippen molar-refractivity contribution in [1.82, 2.24) is 15.5 Å². The van der Waals surface area contributed by atoms with Gasteiger partial charge in [0.1, 0.15) is 0 Å². The van der Waals surface area contributed by atoms with Gasteiger partial charge < -0.3 is 15.5 Å². The molecule has 0 saturated carbocycles. The Morgan fingerprint density at radius 3 is 2.87 bits per heavy atom. The maximum atomic E-state index is 12.3. The zero-order chi connectivity index (χ0) is 16.7. The molecule has 2 unspecified atom stereocenters. The molecule has 2 heterocycles. The van der Waals surface area contributed by atoms with Gasteiger partial charge in [-0.2, -0.15) is 11.8 Å². The fourth-order valence-corrected chi connectivity index (χ4v) is 4.57. The highest BCUT2D eigenvalue weighted by Gasteiger charge is 2.29. The summed E-state index contributed by atoms with van der Waals surface area (Å²) in [5.74, 6) is 2.96. The van der Waals surface area contributed by atoms with Gasteiger partial charge in [0.2, 0.25) is 5.91 Å². The van der Waals surface area contributed by atoms with Crippen molar-refractivity contribution < 1.29 is 4.79 Å². The number of likely N-dealkylation sites (tertiary alicyclic amines) is 1. The third-order valence-electron chi connectivity index (χ3n) is 4.79. The van der Waals surface area contributed by atoms with Crippen LogP contribution in [0.1, 0.15) is 46.0 Å². The monoisotopic (exact) mass is 340 g/mol. The van der Waals surface area contributed by atoms with Crippen LogP contribution in [-0.2, 0) is 4.79 Å². The third kappa shape index (κ3) is 5.90. The molecule has 1 amide bonds. The number of nitrogens with one attached hydrogen (secondary N) is 2. The number of rotatable bonds is 5. The minimum atomic E-state index is 0.262. The van der Waals surface area contributed by atoms with Crippen molar-refractivity contribution in [3.05, 3.63) is 0 Å². The Morgan fingerprint density at radius 1 is 1.39 bits per heavy atom. The highest BCUT2D eigenvalue weighted by molar-refractivity contribution is 8.00. The lowest BCUT2D eigenvalue weighted by Crippen LogP contribution is -2.45. The lowest BCUT2D eigenvalue weighted by molar-refractivity contribution is -0.132. The molecule has 2 atom stereocenters. The number of aliphatic imine (C=N–C) groups is 1. The molecule has 23 heavy (non-hydrogen) atoms. The number of nitrogens with zero attached hydrogens (tertiary/aromatic N) is 2. The Hall–Kier alpha value is -0.910. The van der Waals surface area contributed by atoms with Gasteiger partial charge >= 0.3 is 0 Å². The van der Waals surface area contributed by atoms with Crippen LogP contribution in [0.5, 0.6) is 0 Å². The zero-order valence-corrected chi connectivity index (χ0v) is 15.7. The minimum absolute atomic E-state index is 0.262. The molecule has 6 heteroatoms. The zero-order valence-electron chi connectivity index (χ0n) is 14.9. The molecule has 0 aromatic rings. The molecule has 0 aliphatic carbocycles. The Bertz CT molecular complexity index is 421. The number of hydrogen-bond donors (Lipinski definition) is 2. The number of guanidine groups is 1. The summed E-state index contributed by atoms with van der Waals surface area (Å²) >= 11 is 2.04. The number of piperidine rings is 1. The van der Waals surface area contributed by atoms with E-state index >= 15 is 0 Å². The average Bonchev–Trinajstić information content (AvgIpc) is 2.97. The molecule has 0 aromatic carbocycles. The van der Waals surface area contributed by atoms with Crippen molar-refractivity contribution in [2.45, 2.75) is 50.7 Å². The first-order chi connectivity index (χ1) is 11.0. The summed E-state index contributed by atoms with van der Waals surface area (Å²) < 4.78 is 0.317. The van der Waals surface area contributed by atoms with E-state index in [1.54, 1.807) is 7.05 Å². The second-order valence-corrected chi connectivity index (χ2v) is 8.77. The SMILES string of the molecule is CN=C(NCCC(=O)N1CCCC(C)C1)NCC1(C)CCCS1. The van der Waals surface area contributed by atoms with Crippen LogP contribution in [0.25, 0.3) is 0 Å². The number of amides is 1. The molecule has 0 spiro atoms. The van der Waals surface area contributed by atoms with E-state index in [-0.39, 0.29) is 5.91 Å². The molecule has 0 bridgehead atoms. The van der Waals surface area contributed by atoms with E-state index in [0.29, 0.717) is 23.6 Å². The first kappa shape index (κ1) is 18.4. The standard InChI is InChI=1S/C17H32N4OS/c1-14-6-4-10-21(12-14)15(22)7-9-19-16(18-3)20-13-17(2)8-5-11-23-17/h14H,4-13H2,1-3H3,(H2,18,19,20). The summed E-state index contributed by atoms with van der Waals surface area (Å²) in [7, 11) is 1.79. The number of carbonyl (C=O) groups is 1. The Labute approximate surface area is 145 Å². The van der Waals surface area contributed by atoms with E-state index in [4.69, 9.17) is 0 Å². The smallest absolute Gasteiger partial charge is 0.224 e. The number of hydrogen-bond acceptors (Lipinski definition) is 3. The molecule has 2 rings (SSSR count). The second-order valence-electron chi connectivity index (χ2n) is 7.09. The topological polar surface area (TPSA) is 56.7 Å². The molecular formula is C17H32N4OS. The van der Waals surface area contributed by atoms with Crippen molar-refractivity contribution in [2.75, 3.05) is 39.0 Å². The minimum Gasteiger partial charge on any atom is -0.356 e. The Kier molecular flexibility index (Phi) is 7.06. The van der Waals surface area contributed by atoms with E-state index in [1.165, 1.54) is 25.0 Å². The molecule has 5 nitrogen and oxygen atoms in total. The second kappa shape index (κ2) is 8.81. The van der Waals surface area contributed by atoms with Gasteiger partial charge in [0, 0.05) is 44.4 Å². The molecule has 2 fully saturated rings. The largest absolute Gasteiger partial charge is 0.356 e. The van der Waals surface area contributed by atoms with Crippen LogP contribution < -0.4 is 10.6 Å². The van der Waals surface area contributed by atoms with Gasteiger partial charge in [-0.05, 0) is 44.3 Å². The van der Waals surface area contributed by atoms with Crippen LogP contribution in [0.3, 0.4) is 0 Å². The Morgan fingerprint density at radius 2 is 2.22 bits per heavy atom. The van der Waals surface area contributed by atoms with Crippen molar-refractivity contribution in [3.63, 3.8) is 0 Å².